The van der Waals surface area contributed by atoms with Gasteiger partial charge in [0.1, 0.15) is 6.10 Å². The summed E-state index contributed by atoms with van der Waals surface area (Å²) in [6.45, 7) is 1.25. The maximum Gasteiger partial charge on any atom is 0.118 e. The van der Waals surface area contributed by atoms with Gasteiger partial charge in [0, 0.05) is 13.0 Å². The maximum atomic E-state index is 7.99. The molecule has 1 fully saturated rings. The molecule has 1 atom stereocenters. The summed E-state index contributed by atoms with van der Waals surface area (Å²) < 4.78 is 4.86. The third kappa shape index (κ3) is 1.12. The van der Waals surface area contributed by atoms with Gasteiger partial charge in [-0.05, 0) is 0 Å². The van der Waals surface area contributed by atoms with Crippen molar-refractivity contribution in [1.82, 2.24) is 0 Å². The summed E-state index contributed by atoms with van der Waals surface area (Å²) >= 11 is 0. The molecule has 1 rings (SSSR count). The molecule has 1 aliphatic rings. The first kappa shape index (κ1) is 5.03. The molecule has 1 N–H and O–H groups in total. The fourth-order valence-electron chi connectivity index (χ4n) is 0.596. The van der Waals surface area contributed by atoms with Crippen molar-refractivity contribution in [3.63, 3.8) is 0 Å². The number of hydrogen-bond donors (Lipinski definition) is 1. The normalized spacial score (nSPS) is 31.3. The highest BCUT2D eigenvalue weighted by molar-refractivity contribution is 4.59. The van der Waals surface area contributed by atoms with Gasteiger partial charge in [-0.15, -0.1) is 0 Å². The molecule has 42 valence electrons. The first-order valence-electron chi connectivity index (χ1n) is 2.31. The van der Waals surface area contributed by atoms with Crippen molar-refractivity contribution in [2.24, 2.45) is 0 Å². The summed E-state index contributed by atoms with van der Waals surface area (Å²) in [5.41, 5.74) is 0. The highest BCUT2D eigenvalue weighted by Gasteiger charge is 2.14. The van der Waals surface area contributed by atoms with E-state index in [1.54, 1.807) is 0 Å². The van der Waals surface area contributed by atoms with Crippen LogP contribution in [0.25, 0.3) is 0 Å². The quantitative estimate of drug-likeness (QED) is 0.383. The Hall–Kier alpha value is -0.120. The van der Waals surface area contributed by atoms with Gasteiger partial charge in [0.2, 0.25) is 0 Å². The van der Waals surface area contributed by atoms with Crippen LogP contribution < -0.4 is 0 Å². The third-order valence-electron chi connectivity index (χ3n) is 1.04. The molecule has 3 heteroatoms. The van der Waals surface area contributed by atoms with Crippen LogP contribution in [0.3, 0.4) is 0 Å². The Labute approximate surface area is 41.8 Å². The summed E-state index contributed by atoms with van der Waals surface area (Å²) in [5.74, 6) is 0. The SMILES string of the molecule is OO[C@H]1CCOC1. The summed E-state index contributed by atoms with van der Waals surface area (Å²) in [5, 5.41) is 7.99. The van der Waals surface area contributed by atoms with E-state index < -0.39 is 0 Å². The molecule has 0 aromatic rings. The van der Waals surface area contributed by atoms with Gasteiger partial charge in [0.25, 0.3) is 0 Å². The second-order valence-electron chi connectivity index (χ2n) is 1.59. The van der Waals surface area contributed by atoms with Crippen LogP contribution in [0.4, 0.5) is 0 Å². The highest BCUT2D eigenvalue weighted by Crippen LogP contribution is 2.05. The van der Waals surface area contributed by atoms with Crippen molar-refractivity contribution in [3.05, 3.63) is 0 Å². The molecule has 1 saturated heterocycles. The van der Waals surface area contributed by atoms with E-state index in [1.165, 1.54) is 0 Å². The van der Waals surface area contributed by atoms with E-state index in [4.69, 9.17) is 9.99 Å². The predicted octanol–water partition coefficient (Wildman–Crippen LogP) is 0.265. The topological polar surface area (TPSA) is 38.7 Å². The molecule has 1 heterocycles. The Bertz CT molecular complexity index is 48.9. The van der Waals surface area contributed by atoms with E-state index in [1.807, 2.05) is 0 Å². The van der Waals surface area contributed by atoms with Crippen LogP contribution in [0.5, 0.6) is 0 Å². The van der Waals surface area contributed by atoms with Crippen LogP contribution in [0.1, 0.15) is 6.42 Å². The maximum absolute atomic E-state index is 7.99. The number of hydrogen-bond acceptors (Lipinski definition) is 3. The third-order valence-corrected chi connectivity index (χ3v) is 1.04. The van der Waals surface area contributed by atoms with Crippen LogP contribution in [0, 0.1) is 0 Å². The van der Waals surface area contributed by atoms with Crippen molar-refractivity contribution in [2.75, 3.05) is 13.2 Å². The van der Waals surface area contributed by atoms with E-state index in [9.17, 15) is 0 Å². The van der Waals surface area contributed by atoms with Crippen LogP contribution >= 0.6 is 0 Å². The van der Waals surface area contributed by atoms with Crippen molar-refractivity contribution in [3.8, 4) is 0 Å². The Morgan fingerprint density at radius 1 is 1.71 bits per heavy atom. The van der Waals surface area contributed by atoms with Gasteiger partial charge in [-0.3, -0.25) is 5.26 Å². The van der Waals surface area contributed by atoms with E-state index in [2.05, 4.69) is 4.89 Å². The lowest BCUT2D eigenvalue weighted by Gasteiger charge is -1.97. The van der Waals surface area contributed by atoms with Gasteiger partial charge in [-0.2, -0.15) is 0 Å². The molecule has 0 amide bonds. The van der Waals surface area contributed by atoms with Gasteiger partial charge in [0.05, 0.1) is 6.61 Å². The minimum atomic E-state index is -0.0694. The Kier molecular flexibility index (Phi) is 1.62. The summed E-state index contributed by atoms with van der Waals surface area (Å²) in [6.07, 6.45) is 0.747. The zero-order valence-electron chi connectivity index (χ0n) is 3.96. The monoisotopic (exact) mass is 104 g/mol. The Morgan fingerprint density at radius 3 is 2.86 bits per heavy atom. The van der Waals surface area contributed by atoms with E-state index in [-0.39, 0.29) is 6.10 Å². The first-order valence-corrected chi connectivity index (χ1v) is 2.31. The molecule has 0 radical (unpaired) electrons. The fraction of sp³-hybridized carbons (Fsp3) is 1.00. The van der Waals surface area contributed by atoms with Crippen LogP contribution in [-0.4, -0.2) is 24.6 Å². The standard InChI is InChI=1S/C4H8O3/c5-7-4-1-2-6-3-4/h4-5H,1-3H2/t4-/m0/s1. The highest BCUT2D eigenvalue weighted by atomic mass is 17.1. The van der Waals surface area contributed by atoms with E-state index in [0.29, 0.717) is 13.2 Å². The lowest BCUT2D eigenvalue weighted by atomic mass is 10.3. The number of rotatable bonds is 1. The molecule has 0 aromatic carbocycles. The smallest absolute Gasteiger partial charge is 0.118 e. The van der Waals surface area contributed by atoms with Gasteiger partial charge >= 0.3 is 0 Å². The van der Waals surface area contributed by atoms with E-state index in [0.717, 1.165) is 6.42 Å². The summed E-state index contributed by atoms with van der Waals surface area (Å²) in [7, 11) is 0. The molecule has 0 saturated carbocycles. The van der Waals surface area contributed by atoms with Gasteiger partial charge in [-0.25, -0.2) is 4.89 Å². The molecular formula is C4H8O3. The van der Waals surface area contributed by atoms with Crippen molar-refractivity contribution < 1.29 is 14.9 Å². The molecule has 3 nitrogen and oxygen atoms in total. The van der Waals surface area contributed by atoms with Crippen molar-refractivity contribution >= 4 is 0 Å². The lowest BCUT2D eigenvalue weighted by molar-refractivity contribution is -0.276. The van der Waals surface area contributed by atoms with Crippen LogP contribution in [0.2, 0.25) is 0 Å². The van der Waals surface area contributed by atoms with E-state index >= 15 is 0 Å². The minimum absolute atomic E-state index is 0.0694. The van der Waals surface area contributed by atoms with Crippen LogP contribution in [0.15, 0.2) is 0 Å². The summed E-state index contributed by atoms with van der Waals surface area (Å²) in [4.78, 5) is 3.99. The molecule has 7 heavy (non-hydrogen) atoms. The van der Waals surface area contributed by atoms with Crippen molar-refractivity contribution in [1.29, 1.82) is 0 Å². The second-order valence-corrected chi connectivity index (χ2v) is 1.59. The van der Waals surface area contributed by atoms with Gasteiger partial charge < -0.3 is 4.74 Å². The Balaban J connectivity index is 2.14. The lowest BCUT2D eigenvalue weighted by Crippen LogP contribution is -2.08. The van der Waals surface area contributed by atoms with Gasteiger partial charge in [-0.1, -0.05) is 0 Å². The van der Waals surface area contributed by atoms with Crippen molar-refractivity contribution in [2.45, 2.75) is 12.5 Å². The summed E-state index contributed by atoms with van der Waals surface area (Å²) in [6, 6.07) is 0. The molecule has 0 aliphatic carbocycles. The number of ether oxygens (including phenoxy) is 1. The molecule has 0 spiro atoms. The fourth-order valence-corrected chi connectivity index (χ4v) is 0.596. The second kappa shape index (κ2) is 2.26. The molecular weight excluding hydrogens is 96.0 g/mol. The zero-order chi connectivity index (χ0) is 5.11. The van der Waals surface area contributed by atoms with Crippen LogP contribution in [-0.2, 0) is 9.62 Å². The zero-order valence-corrected chi connectivity index (χ0v) is 3.96. The predicted molar refractivity (Wildman–Crippen MR) is 22.9 cm³/mol. The molecule has 0 unspecified atom stereocenters. The average Bonchev–Trinajstić information content (AvgIpc) is 2.14. The first-order chi connectivity index (χ1) is 3.43. The molecule has 0 aromatic heterocycles. The minimum Gasteiger partial charge on any atom is -0.379 e. The Morgan fingerprint density at radius 2 is 2.57 bits per heavy atom. The molecule has 0 bridgehead atoms. The average molecular weight is 104 g/mol. The largest absolute Gasteiger partial charge is 0.379 e. The molecule has 1 aliphatic heterocycles. The van der Waals surface area contributed by atoms with Gasteiger partial charge in [0.15, 0.2) is 0 Å².